The van der Waals surface area contributed by atoms with Crippen molar-refractivity contribution >= 4 is 45.5 Å². The summed E-state index contributed by atoms with van der Waals surface area (Å²) in [6, 6.07) is 18.0. The number of ether oxygens (including phenoxy) is 1. The number of alkyl halides is 1. The highest BCUT2D eigenvalue weighted by molar-refractivity contribution is 9.10. The summed E-state index contributed by atoms with van der Waals surface area (Å²) in [6.45, 7) is 3.98. The summed E-state index contributed by atoms with van der Waals surface area (Å²) in [5, 5.41) is 2.43. The third-order valence-corrected chi connectivity index (χ3v) is 8.38. The number of rotatable bonds is 6. The molecule has 0 aliphatic carbocycles. The zero-order chi connectivity index (χ0) is 22.2. The molecular formula is C23H23BrN2O4S. The predicted octanol–water partition coefficient (Wildman–Crippen LogP) is 3.24. The number of halogens is 1. The lowest BCUT2D eigenvalue weighted by atomic mass is 9.95. The van der Waals surface area contributed by atoms with Crippen LogP contribution in [0.5, 0.6) is 0 Å². The van der Waals surface area contributed by atoms with E-state index in [2.05, 4.69) is 21.2 Å². The Labute approximate surface area is 193 Å². The average molecular weight is 503 g/mol. The molecule has 3 atom stereocenters. The Morgan fingerprint density at radius 3 is 2.26 bits per heavy atom. The molecule has 2 aromatic carbocycles. The molecule has 8 heteroatoms. The number of benzene rings is 2. The third-order valence-electron chi connectivity index (χ3n) is 5.47. The van der Waals surface area contributed by atoms with Crippen molar-refractivity contribution in [3.63, 3.8) is 0 Å². The number of amides is 2. The number of carbonyl (C=O) groups is 3. The number of hydrogen-bond acceptors (Lipinski definition) is 5. The SMILES string of the molecule is CC1(C)S[C@H]2N(C(=O)C2(Br)NC(=O)Cc2ccccc2)[C@H]1C(=O)OCc1ccccc1. The summed E-state index contributed by atoms with van der Waals surface area (Å²) in [7, 11) is 0. The van der Waals surface area contributed by atoms with Gasteiger partial charge in [-0.3, -0.25) is 9.59 Å². The summed E-state index contributed by atoms with van der Waals surface area (Å²) in [6.07, 6.45) is 0.171. The van der Waals surface area contributed by atoms with Gasteiger partial charge in [0.05, 0.1) is 6.42 Å². The van der Waals surface area contributed by atoms with Gasteiger partial charge in [-0.2, -0.15) is 0 Å². The Balaban J connectivity index is 1.44. The first-order valence-corrected chi connectivity index (χ1v) is 11.6. The molecular weight excluding hydrogens is 480 g/mol. The fourth-order valence-corrected chi connectivity index (χ4v) is 6.45. The van der Waals surface area contributed by atoms with Crippen LogP contribution in [0.2, 0.25) is 0 Å². The Kier molecular flexibility index (Phi) is 5.87. The van der Waals surface area contributed by atoms with Gasteiger partial charge in [-0.15, -0.1) is 11.8 Å². The van der Waals surface area contributed by atoms with Crippen molar-refractivity contribution in [1.82, 2.24) is 10.2 Å². The van der Waals surface area contributed by atoms with E-state index in [0.717, 1.165) is 11.1 Å². The van der Waals surface area contributed by atoms with E-state index in [1.54, 1.807) is 0 Å². The van der Waals surface area contributed by atoms with Gasteiger partial charge in [0, 0.05) is 4.75 Å². The Morgan fingerprint density at radius 1 is 1.06 bits per heavy atom. The van der Waals surface area contributed by atoms with Crippen LogP contribution >= 0.6 is 27.7 Å². The van der Waals surface area contributed by atoms with Gasteiger partial charge in [0.25, 0.3) is 5.91 Å². The number of esters is 1. The van der Waals surface area contributed by atoms with Crippen LogP contribution in [-0.4, -0.2) is 43.3 Å². The van der Waals surface area contributed by atoms with Crippen molar-refractivity contribution in [3.05, 3.63) is 71.8 Å². The van der Waals surface area contributed by atoms with E-state index >= 15 is 0 Å². The standard InChI is InChI=1S/C23H23BrN2O4S/c1-22(2)18(19(28)30-14-16-11-7-4-8-12-16)26-20(29)23(24,21(26)31-22)25-17(27)13-15-9-5-3-6-10-15/h3-12,18,21H,13-14H2,1-2H3,(H,25,27)/t18-,21+,23?/m0/s1. The minimum Gasteiger partial charge on any atom is -0.459 e. The first-order chi connectivity index (χ1) is 14.7. The fraction of sp³-hybridized carbons (Fsp3) is 0.348. The Morgan fingerprint density at radius 2 is 1.65 bits per heavy atom. The molecule has 2 amide bonds. The van der Waals surface area contributed by atoms with Crippen molar-refractivity contribution in [2.45, 2.75) is 47.5 Å². The van der Waals surface area contributed by atoms with Crippen LogP contribution in [-0.2, 0) is 32.1 Å². The van der Waals surface area contributed by atoms with Gasteiger partial charge in [-0.1, -0.05) is 60.7 Å². The van der Waals surface area contributed by atoms with Crippen LogP contribution in [0, 0.1) is 0 Å². The number of β-lactam (4-membered cyclic amide) rings is 1. The molecule has 0 saturated carbocycles. The molecule has 0 spiro atoms. The summed E-state index contributed by atoms with van der Waals surface area (Å²) < 4.78 is 3.74. The first kappa shape index (κ1) is 21.9. The van der Waals surface area contributed by atoms with Gasteiger partial charge >= 0.3 is 5.97 Å². The molecule has 31 heavy (non-hydrogen) atoms. The number of thioether (sulfide) groups is 1. The largest absolute Gasteiger partial charge is 0.459 e. The number of nitrogens with one attached hydrogen (secondary N) is 1. The zero-order valence-electron chi connectivity index (χ0n) is 17.2. The van der Waals surface area contributed by atoms with E-state index in [0.29, 0.717) is 0 Å². The highest BCUT2D eigenvalue weighted by Crippen LogP contribution is 2.57. The molecule has 2 fully saturated rings. The summed E-state index contributed by atoms with van der Waals surface area (Å²) >= 11 is 4.94. The van der Waals surface area contributed by atoms with Gasteiger partial charge in [-0.25, -0.2) is 4.79 Å². The third kappa shape index (κ3) is 4.11. The quantitative estimate of drug-likeness (QED) is 0.284. The van der Waals surface area contributed by atoms with Crippen molar-refractivity contribution in [1.29, 1.82) is 0 Å². The molecule has 6 nitrogen and oxygen atoms in total. The van der Waals surface area contributed by atoms with E-state index in [1.807, 2.05) is 74.5 Å². The van der Waals surface area contributed by atoms with Gasteiger partial charge in [0.1, 0.15) is 18.0 Å². The summed E-state index contributed by atoms with van der Waals surface area (Å²) in [5.74, 6) is -1.04. The topological polar surface area (TPSA) is 75.7 Å². The van der Waals surface area contributed by atoms with Crippen LogP contribution in [0.15, 0.2) is 60.7 Å². The van der Waals surface area contributed by atoms with Crippen molar-refractivity contribution in [2.24, 2.45) is 0 Å². The molecule has 2 saturated heterocycles. The zero-order valence-corrected chi connectivity index (χ0v) is 19.6. The van der Waals surface area contributed by atoms with Crippen LogP contribution in [0.3, 0.4) is 0 Å². The molecule has 2 heterocycles. The highest BCUT2D eigenvalue weighted by atomic mass is 79.9. The van der Waals surface area contributed by atoms with E-state index in [1.165, 1.54) is 16.7 Å². The predicted molar refractivity (Wildman–Crippen MR) is 122 cm³/mol. The lowest BCUT2D eigenvalue weighted by Gasteiger charge is -2.49. The van der Waals surface area contributed by atoms with Gasteiger partial charge in [-0.05, 0) is 40.9 Å². The highest BCUT2D eigenvalue weighted by Gasteiger charge is 2.71. The number of fused-ring (bicyclic) bond motifs is 1. The molecule has 1 N–H and O–H groups in total. The molecule has 0 aromatic heterocycles. The minimum absolute atomic E-state index is 0.150. The second-order valence-corrected chi connectivity index (χ2v) is 11.2. The van der Waals surface area contributed by atoms with Crippen LogP contribution < -0.4 is 5.32 Å². The van der Waals surface area contributed by atoms with E-state index < -0.39 is 26.6 Å². The minimum atomic E-state index is -1.23. The second kappa shape index (κ2) is 8.31. The number of hydrogen-bond donors (Lipinski definition) is 1. The van der Waals surface area contributed by atoms with Gasteiger partial charge < -0.3 is 15.0 Å². The Bertz CT molecular complexity index is 1000. The van der Waals surface area contributed by atoms with Crippen LogP contribution in [0.4, 0.5) is 0 Å². The first-order valence-electron chi connectivity index (χ1n) is 9.97. The maximum Gasteiger partial charge on any atom is 0.330 e. The molecule has 162 valence electrons. The van der Waals surface area contributed by atoms with E-state index in [4.69, 9.17) is 4.74 Å². The average Bonchev–Trinajstić information content (AvgIpc) is 3.02. The molecule has 2 aliphatic heterocycles. The number of nitrogens with zero attached hydrogens (tertiary/aromatic N) is 1. The molecule has 4 rings (SSSR count). The molecule has 2 aliphatic rings. The van der Waals surface area contributed by atoms with E-state index in [9.17, 15) is 14.4 Å². The molecule has 0 radical (unpaired) electrons. The summed E-state index contributed by atoms with van der Waals surface area (Å²) in [5.41, 5.74) is 1.75. The van der Waals surface area contributed by atoms with Crippen molar-refractivity contribution in [3.8, 4) is 0 Å². The van der Waals surface area contributed by atoms with Crippen molar-refractivity contribution < 1.29 is 19.1 Å². The maximum absolute atomic E-state index is 13.1. The van der Waals surface area contributed by atoms with Gasteiger partial charge in [0.15, 0.2) is 0 Å². The maximum atomic E-state index is 13.1. The second-order valence-electron chi connectivity index (χ2n) is 8.20. The lowest BCUT2D eigenvalue weighted by molar-refractivity contribution is -0.166. The number of carbonyl (C=O) groups excluding carboxylic acids is 3. The van der Waals surface area contributed by atoms with Crippen LogP contribution in [0.1, 0.15) is 25.0 Å². The normalized spacial score (nSPS) is 26.0. The smallest absolute Gasteiger partial charge is 0.330 e. The van der Waals surface area contributed by atoms with Gasteiger partial charge in [0.2, 0.25) is 10.4 Å². The molecule has 0 bridgehead atoms. The fourth-order valence-electron chi connectivity index (χ4n) is 3.95. The molecule has 1 unspecified atom stereocenters. The summed E-state index contributed by atoms with van der Waals surface area (Å²) in [4.78, 5) is 40.1. The molecule has 2 aromatic rings. The Hall–Kier alpha value is -2.32. The monoisotopic (exact) mass is 502 g/mol. The van der Waals surface area contributed by atoms with Crippen LogP contribution in [0.25, 0.3) is 0 Å². The van der Waals surface area contributed by atoms with Crippen molar-refractivity contribution in [2.75, 3.05) is 0 Å². The lowest BCUT2D eigenvalue weighted by Crippen LogP contribution is -2.76. The van der Waals surface area contributed by atoms with E-state index in [-0.39, 0.29) is 24.8 Å².